The summed E-state index contributed by atoms with van der Waals surface area (Å²) in [4.78, 5) is 15.2. The van der Waals surface area contributed by atoms with Crippen molar-refractivity contribution in [1.29, 1.82) is 0 Å². The summed E-state index contributed by atoms with van der Waals surface area (Å²) >= 11 is 1.79. The van der Waals surface area contributed by atoms with Gasteiger partial charge in [-0.25, -0.2) is 0 Å². The molecule has 2 unspecified atom stereocenters. The van der Waals surface area contributed by atoms with E-state index in [1.807, 2.05) is 4.90 Å². The molecule has 0 spiro atoms. The van der Waals surface area contributed by atoms with E-state index in [-0.39, 0.29) is 18.0 Å². The van der Waals surface area contributed by atoms with E-state index in [1.165, 1.54) is 10.4 Å². The molecule has 80 valence electrons. The topological polar surface area (TPSA) is 46.3 Å². The fraction of sp³-hybridized carbons (Fsp3) is 0.545. The molecule has 4 heteroatoms. The van der Waals surface area contributed by atoms with Crippen LogP contribution in [0.15, 0.2) is 11.4 Å². The number of rotatable bonds is 0. The summed E-state index contributed by atoms with van der Waals surface area (Å²) in [6, 6.07) is 2.41. The minimum atomic E-state index is 0.122. The van der Waals surface area contributed by atoms with Gasteiger partial charge < -0.3 is 10.6 Å². The van der Waals surface area contributed by atoms with Crippen molar-refractivity contribution in [3.8, 4) is 0 Å². The predicted octanol–water partition coefficient (Wildman–Crippen LogP) is 1.29. The normalized spacial score (nSPS) is 29.9. The van der Waals surface area contributed by atoms with Crippen LogP contribution in [0.25, 0.3) is 0 Å². The lowest BCUT2D eigenvalue weighted by atomic mass is 9.87. The fourth-order valence-corrected chi connectivity index (χ4v) is 3.59. The van der Waals surface area contributed by atoms with E-state index >= 15 is 0 Å². The van der Waals surface area contributed by atoms with Gasteiger partial charge in [-0.15, -0.1) is 11.3 Å². The van der Waals surface area contributed by atoms with Gasteiger partial charge in [-0.2, -0.15) is 0 Å². The Kier molecular flexibility index (Phi) is 2.07. The van der Waals surface area contributed by atoms with Gasteiger partial charge in [0.2, 0.25) is 5.91 Å². The quantitative estimate of drug-likeness (QED) is 0.719. The SMILES string of the molecule is NC1CCC(=O)N2CCc3sccc3C12. The van der Waals surface area contributed by atoms with Crippen molar-refractivity contribution in [2.45, 2.75) is 31.3 Å². The van der Waals surface area contributed by atoms with Crippen molar-refractivity contribution in [2.24, 2.45) is 5.73 Å². The van der Waals surface area contributed by atoms with Gasteiger partial charge in [-0.1, -0.05) is 0 Å². The largest absolute Gasteiger partial charge is 0.334 e. The zero-order valence-electron chi connectivity index (χ0n) is 8.48. The number of carbonyl (C=O) groups is 1. The van der Waals surface area contributed by atoms with Gasteiger partial charge in [-0.3, -0.25) is 4.79 Å². The highest BCUT2D eigenvalue weighted by molar-refractivity contribution is 7.10. The first-order valence-corrected chi connectivity index (χ1v) is 6.26. The summed E-state index contributed by atoms with van der Waals surface area (Å²) in [7, 11) is 0. The van der Waals surface area contributed by atoms with Crippen LogP contribution in [0, 0.1) is 0 Å². The molecule has 1 saturated heterocycles. The van der Waals surface area contributed by atoms with Crippen molar-refractivity contribution in [3.63, 3.8) is 0 Å². The summed E-state index contributed by atoms with van der Waals surface area (Å²) in [6.07, 6.45) is 2.45. The van der Waals surface area contributed by atoms with E-state index in [1.54, 1.807) is 11.3 Å². The highest BCUT2D eigenvalue weighted by atomic mass is 32.1. The first-order valence-electron chi connectivity index (χ1n) is 5.38. The van der Waals surface area contributed by atoms with Crippen molar-refractivity contribution in [1.82, 2.24) is 4.90 Å². The van der Waals surface area contributed by atoms with Gasteiger partial charge in [0.1, 0.15) is 0 Å². The summed E-state index contributed by atoms with van der Waals surface area (Å²) < 4.78 is 0. The molecule has 0 saturated carbocycles. The number of hydrogen-bond acceptors (Lipinski definition) is 3. The molecule has 2 N–H and O–H groups in total. The minimum absolute atomic E-state index is 0.122. The van der Waals surface area contributed by atoms with Crippen molar-refractivity contribution in [3.05, 3.63) is 21.9 Å². The predicted molar refractivity (Wildman–Crippen MR) is 59.7 cm³/mol. The molecule has 2 aliphatic heterocycles. The van der Waals surface area contributed by atoms with Crippen LogP contribution in [-0.4, -0.2) is 23.4 Å². The van der Waals surface area contributed by atoms with Crippen molar-refractivity contribution in [2.75, 3.05) is 6.54 Å². The lowest BCUT2D eigenvalue weighted by Crippen LogP contribution is -2.51. The van der Waals surface area contributed by atoms with Crippen LogP contribution < -0.4 is 5.73 Å². The summed E-state index contributed by atoms with van der Waals surface area (Å²) in [6.45, 7) is 0.852. The molecular weight excluding hydrogens is 208 g/mol. The Hall–Kier alpha value is -0.870. The third kappa shape index (κ3) is 1.32. The second-order valence-electron chi connectivity index (χ2n) is 4.28. The molecule has 2 aliphatic rings. The number of thiophene rings is 1. The van der Waals surface area contributed by atoms with E-state index in [4.69, 9.17) is 5.73 Å². The van der Waals surface area contributed by atoms with Crippen molar-refractivity contribution < 1.29 is 4.79 Å². The maximum absolute atomic E-state index is 11.8. The highest BCUT2D eigenvalue weighted by Crippen LogP contribution is 2.38. The zero-order chi connectivity index (χ0) is 10.4. The van der Waals surface area contributed by atoms with Crippen LogP contribution in [-0.2, 0) is 11.2 Å². The molecule has 1 aromatic rings. The molecule has 0 aromatic carbocycles. The minimum Gasteiger partial charge on any atom is -0.334 e. The molecule has 1 fully saturated rings. The first-order chi connectivity index (χ1) is 7.27. The van der Waals surface area contributed by atoms with Gasteiger partial charge in [0.05, 0.1) is 6.04 Å². The molecule has 3 rings (SSSR count). The Morgan fingerprint density at radius 1 is 1.47 bits per heavy atom. The summed E-state index contributed by atoms with van der Waals surface area (Å²) in [5, 5.41) is 2.11. The van der Waals surface area contributed by atoms with E-state index in [2.05, 4.69) is 11.4 Å². The molecule has 0 bridgehead atoms. The van der Waals surface area contributed by atoms with Crippen LogP contribution in [0.2, 0.25) is 0 Å². The second-order valence-corrected chi connectivity index (χ2v) is 5.28. The molecule has 15 heavy (non-hydrogen) atoms. The molecule has 3 nitrogen and oxygen atoms in total. The smallest absolute Gasteiger partial charge is 0.223 e. The lowest BCUT2D eigenvalue weighted by Gasteiger charge is -2.42. The molecule has 0 aliphatic carbocycles. The third-order valence-corrected chi connectivity index (χ3v) is 4.43. The summed E-state index contributed by atoms with van der Waals surface area (Å²) in [5.74, 6) is 0.276. The third-order valence-electron chi connectivity index (χ3n) is 3.43. The van der Waals surface area contributed by atoms with Gasteiger partial charge >= 0.3 is 0 Å². The van der Waals surface area contributed by atoms with Crippen LogP contribution >= 0.6 is 11.3 Å². The van der Waals surface area contributed by atoms with Crippen LogP contribution in [0.1, 0.15) is 29.3 Å². The molecule has 1 amide bonds. The highest BCUT2D eigenvalue weighted by Gasteiger charge is 2.38. The number of nitrogens with two attached hydrogens (primary N) is 1. The number of hydrogen-bond donors (Lipinski definition) is 1. The van der Waals surface area contributed by atoms with Crippen molar-refractivity contribution >= 4 is 17.2 Å². The van der Waals surface area contributed by atoms with Gasteiger partial charge in [-0.05, 0) is 29.9 Å². The molecule has 1 aromatic heterocycles. The molecule has 2 atom stereocenters. The van der Waals surface area contributed by atoms with E-state index < -0.39 is 0 Å². The first kappa shape index (κ1) is 9.36. The number of carbonyl (C=O) groups excluding carboxylic acids is 1. The fourth-order valence-electron chi connectivity index (χ4n) is 2.68. The number of fused-ring (bicyclic) bond motifs is 3. The number of piperidine rings is 1. The Bertz CT molecular complexity index is 401. The lowest BCUT2D eigenvalue weighted by molar-refractivity contribution is -0.137. The molecule has 3 heterocycles. The Balaban J connectivity index is 2.04. The molecule has 0 radical (unpaired) electrons. The van der Waals surface area contributed by atoms with E-state index in [9.17, 15) is 4.79 Å². The Morgan fingerprint density at radius 2 is 2.33 bits per heavy atom. The molecular formula is C11H14N2OS. The van der Waals surface area contributed by atoms with E-state index in [0.717, 1.165) is 19.4 Å². The van der Waals surface area contributed by atoms with Gasteiger partial charge in [0.15, 0.2) is 0 Å². The number of amides is 1. The average molecular weight is 222 g/mol. The van der Waals surface area contributed by atoms with Gasteiger partial charge in [0, 0.05) is 23.9 Å². The standard InChI is InChI=1S/C11H14N2OS/c12-8-1-2-10(14)13-5-3-9-7(11(8)13)4-6-15-9/h4,6,8,11H,1-3,5,12H2. The maximum Gasteiger partial charge on any atom is 0.223 e. The average Bonchev–Trinajstić information content (AvgIpc) is 2.70. The summed E-state index contributed by atoms with van der Waals surface area (Å²) in [5.41, 5.74) is 7.43. The number of nitrogens with zero attached hydrogens (tertiary/aromatic N) is 1. The maximum atomic E-state index is 11.8. The Labute approximate surface area is 92.9 Å². The van der Waals surface area contributed by atoms with Crippen LogP contribution in [0.3, 0.4) is 0 Å². The van der Waals surface area contributed by atoms with Gasteiger partial charge in [0.25, 0.3) is 0 Å². The second kappa shape index (κ2) is 3.32. The van der Waals surface area contributed by atoms with Crippen LogP contribution in [0.5, 0.6) is 0 Å². The van der Waals surface area contributed by atoms with E-state index in [0.29, 0.717) is 6.42 Å². The Morgan fingerprint density at radius 3 is 3.20 bits per heavy atom. The zero-order valence-corrected chi connectivity index (χ0v) is 9.30. The monoisotopic (exact) mass is 222 g/mol. The van der Waals surface area contributed by atoms with Crippen LogP contribution in [0.4, 0.5) is 0 Å².